The molecular weight excluding hydrogens is 793 g/mol. The summed E-state index contributed by atoms with van der Waals surface area (Å²) >= 11 is 0. The first-order chi connectivity index (χ1) is 40.5. The molecule has 0 fully saturated rings. The minimum Gasteiger partial charge on any atom is -0.508 e. The Morgan fingerprint density at radius 2 is 1.21 bits per heavy atom. The lowest BCUT2D eigenvalue weighted by Crippen LogP contribution is -2.35. The van der Waals surface area contributed by atoms with Crippen molar-refractivity contribution in [1.82, 2.24) is 10.6 Å². The van der Waals surface area contributed by atoms with E-state index in [4.69, 9.17) is 54.6 Å². The third-order valence-electron chi connectivity index (χ3n) is 8.94. The van der Waals surface area contributed by atoms with Gasteiger partial charge in [-0.25, -0.2) is 0 Å². The van der Waals surface area contributed by atoms with Crippen molar-refractivity contribution < 1.29 is 75.0 Å². The summed E-state index contributed by atoms with van der Waals surface area (Å²) in [6.45, 7) is -7.89. The Hall–Kier alpha value is -3.84. The van der Waals surface area contributed by atoms with Crippen molar-refractivity contribution in [1.29, 1.82) is 0 Å². The third kappa shape index (κ3) is 22.1. The summed E-state index contributed by atoms with van der Waals surface area (Å²) in [5.74, 6) is -0.220. The van der Waals surface area contributed by atoms with Crippen LogP contribution in [0.15, 0.2) is 96.9 Å². The van der Waals surface area contributed by atoms with Gasteiger partial charge in [0, 0.05) is 86.3 Å². The maximum Gasteiger partial charge on any atom is 0.205 e. The van der Waals surface area contributed by atoms with Crippen LogP contribution in [0.1, 0.15) is 172 Å². The van der Waals surface area contributed by atoms with Gasteiger partial charge in [0.25, 0.3) is 0 Å². The largest absolute Gasteiger partial charge is 0.508 e. The number of fused-ring (bicyclic) bond motifs is 1. The van der Waals surface area contributed by atoms with Gasteiger partial charge < -0.3 is 50.0 Å². The number of nitrogens with one attached hydrogen (secondary N) is 2. The van der Waals surface area contributed by atoms with E-state index in [-0.39, 0.29) is 75.2 Å². The number of hydrogen-bond acceptors (Lipinski definition) is 10. The fourth-order valence-corrected chi connectivity index (χ4v) is 5.56. The molecule has 4 aromatic rings. The van der Waals surface area contributed by atoms with Gasteiger partial charge in [-0.05, 0) is 123 Å². The smallest absolute Gasteiger partial charge is 0.205 e. The highest BCUT2D eigenvalue weighted by molar-refractivity contribution is 5.39. The van der Waals surface area contributed by atoms with Crippen LogP contribution in [-0.2, 0) is 40.2 Å². The molecule has 0 amide bonds. The Bertz CT molecular complexity index is 2960. The Labute approximate surface area is 414 Å². The van der Waals surface area contributed by atoms with Crippen LogP contribution in [0.4, 0.5) is 0 Å². The van der Waals surface area contributed by atoms with Crippen LogP contribution in [0.3, 0.4) is 0 Å². The first kappa shape index (κ1) is 25.7. The highest BCUT2D eigenvalue weighted by Crippen LogP contribution is 2.33. The molecule has 2 atom stereocenters. The summed E-state index contributed by atoms with van der Waals surface area (Å²) < 4.78 is 232. The average molecular weight is 897 g/mol. The van der Waals surface area contributed by atoms with Crippen LogP contribution >= 0.6 is 0 Å². The lowest BCUT2D eigenvalue weighted by atomic mass is 10.0. The number of aliphatic hydroxyl groups excluding tert-OH is 3. The van der Waals surface area contributed by atoms with Crippen LogP contribution < -0.4 is 15.4 Å². The molecule has 0 saturated heterocycles. The fraction of sp³-hybridized carbons (Fsp3) is 0.547. The van der Waals surface area contributed by atoms with Crippen LogP contribution in [-0.4, -0.2) is 78.6 Å². The predicted molar refractivity (Wildman–Crippen MR) is 253 cm³/mol. The summed E-state index contributed by atoms with van der Waals surface area (Å²) in [5, 5.41) is 45.1. The molecule has 1 aliphatic heterocycles. The minimum atomic E-state index is -3.62. The number of ether oxygens (including phenoxy) is 4. The van der Waals surface area contributed by atoms with Gasteiger partial charge in [-0.2, -0.15) is 0 Å². The lowest BCUT2D eigenvalue weighted by Gasteiger charge is -2.33. The molecule has 10 heteroatoms. The fourth-order valence-electron chi connectivity index (χ4n) is 5.56. The molecule has 0 aliphatic carbocycles. The second-order valence-electron chi connectivity index (χ2n) is 14.4. The summed E-state index contributed by atoms with van der Waals surface area (Å²) in [7, 11) is 0. The summed E-state index contributed by atoms with van der Waals surface area (Å²) in [4.78, 5) is 0. The van der Waals surface area contributed by atoms with Crippen molar-refractivity contribution in [2.45, 2.75) is 135 Å². The zero-order chi connectivity index (χ0) is 68.0. The Morgan fingerprint density at radius 1 is 0.698 bits per heavy atom. The molecule has 0 bridgehead atoms. The molecule has 2 unspecified atom stereocenters. The van der Waals surface area contributed by atoms with Crippen molar-refractivity contribution in [2.24, 2.45) is 0 Å². The zero-order valence-corrected chi connectivity index (χ0v) is 35.7. The molecule has 10 nitrogen and oxygen atoms in total. The van der Waals surface area contributed by atoms with Crippen molar-refractivity contribution in [2.75, 3.05) is 52.4 Å². The second-order valence-corrected chi connectivity index (χ2v) is 14.4. The average Bonchev–Trinajstić information content (AvgIpc) is 0.735. The Kier molecular flexibility index (Phi) is 12.7. The first-order valence-corrected chi connectivity index (χ1v) is 20.7. The van der Waals surface area contributed by atoms with E-state index in [1.807, 2.05) is 0 Å². The molecule has 63 heavy (non-hydrogen) atoms. The van der Waals surface area contributed by atoms with E-state index in [0.29, 0.717) is 42.7 Å². The van der Waals surface area contributed by atoms with Gasteiger partial charge in [0.05, 0.1) is 39.1 Å². The molecule has 6 N–H and O–H groups in total. The van der Waals surface area contributed by atoms with E-state index >= 15 is 0 Å². The van der Waals surface area contributed by atoms with Crippen molar-refractivity contribution in [3.63, 3.8) is 0 Å². The molecule has 4 aromatic carbocycles. The summed E-state index contributed by atoms with van der Waals surface area (Å²) in [5.41, 5.74) is 0.319. The van der Waals surface area contributed by atoms with Crippen LogP contribution in [0.25, 0.3) is 0 Å². The van der Waals surface area contributed by atoms with E-state index in [2.05, 4.69) is 10.6 Å². The normalized spacial score (nSPS) is 22.3. The maximum absolute atomic E-state index is 10.6. The van der Waals surface area contributed by atoms with Crippen LogP contribution in [0.2, 0.25) is 0 Å². The number of hydrogen-bond donors (Lipinski definition) is 6. The van der Waals surface area contributed by atoms with Crippen molar-refractivity contribution in [3.05, 3.63) is 130 Å². The number of rotatable bonds is 31. The molecular formula is C53H78N2O8. The van der Waals surface area contributed by atoms with E-state index in [1.54, 1.807) is 32.0 Å². The minimum absolute atomic E-state index is 0.00428. The SMILES string of the molecule is [2H]c1cc([2H])c(C([2H])([2H])C([2H])([2H])C([2H])([2H])C([2H])([2H])OCCCCCC([2H])([2H])NCC(O)c2ccc(O)c(CO)c2)c([2H])c1.[2H]c1cc([2H])c(C([2H])([2H])C([2H])([2H])C([2H])([2H])C([2H])([2H])OCCCCCC([2H])([2H])NCC(O)c2ccc3c(c2)COC(C)(C)O3)c([2H])c1. The van der Waals surface area contributed by atoms with Crippen LogP contribution in [0, 0.1) is 0 Å². The molecule has 1 aliphatic rings. The topological polar surface area (TPSA) is 142 Å². The van der Waals surface area contributed by atoms with E-state index in [9.17, 15) is 20.4 Å². The summed E-state index contributed by atoms with van der Waals surface area (Å²) in [6, 6.07) is 9.61. The lowest BCUT2D eigenvalue weighted by molar-refractivity contribution is -0.180. The monoisotopic (exact) mass is 897 g/mol. The molecule has 348 valence electrons. The van der Waals surface area contributed by atoms with Gasteiger partial charge in [0.2, 0.25) is 5.79 Å². The standard InChI is InChI=1S/C28H41NO4.C25H37NO4/c1-28(2)32-22-25-20-24(15-16-27(25)33-28)26(30)21-29-17-9-3-4-10-18-31-19-11-8-14-23-12-6-5-7-13-23;27-20-23-18-22(13-14-24(23)28)25(29)19-26-15-7-1-2-8-16-30-17-9-6-12-21-10-4-3-5-11-21/h5-7,12-13,15-16,20,26,29-30H,3-4,8-11,14,17-19,21-22H2,1-2H3;3-5,10-11,13-14,18,25-29H,1-2,6-9,12,15-17,19-20H2/i5D,8D2,11D2,12D,13D,14D2,17D2,19D2;3D,6D2,9D2,10D,11D,12D2,15D2,17D2. The van der Waals surface area contributed by atoms with Gasteiger partial charge in [0.15, 0.2) is 0 Å². The van der Waals surface area contributed by atoms with Gasteiger partial charge in [-0.3, -0.25) is 0 Å². The van der Waals surface area contributed by atoms with Crippen molar-refractivity contribution in [3.8, 4) is 11.5 Å². The van der Waals surface area contributed by atoms with Crippen molar-refractivity contribution >= 4 is 0 Å². The zero-order valence-electron chi connectivity index (χ0n) is 61.7. The third-order valence-corrected chi connectivity index (χ3v) is 8.94. The predicted octanol–water partition coefficient (Wildman–Crippen LogP) is 9.66. The molecule has 1 heterocycles. The van der Waals surface area contributed by atoms with Crippen LogP contribution in [0.5, 0.6) is 11.5 Å². The number of benzene rings is 4. The summed E-state index contributed by atoms with van der Waals surface area (Å²) in [6.07, 6.45) is -21.6. The number of unbranched alkanes of at least 4 members (excludes halogenated alkanes) is 4. The number of aromatic hydroxyl groups is 1. The Morgan fingerprint density at radius 3 is 1.75 bits per heavy atom. The van der Waals surface area contributed by atoms with Gasteiger partial charge in [-0.15, -0.1) is 0 Å². The van der Waals surface area contributed by atoms with Gasteiger partial charge >= 0.3 is 0 Å². The quantitative estimate of drug-likeness (QED) is 0.0271. The van der Waals surface area contributed by atoms with E-state index in [0.717, 1.165) is 29.8 Å². The van der Waals surface area contributed by atoms with Gasteiger partial charge in [-0.1, -0.05) is 98.3 Å². The molecule has 0 saturated carbocycles. The highest BCUT2D eigenvalue weighted by Gasteiger charge is 2.27. The first-order valence-electron chi connectivity index (χ1n) is 33.7. The highest BCUT2D eigenvalue weighted by atomic mass is 16.7. The number of phenols is 1. The molecule has 0 radical (unpaired) electrons. The Balaban J connectivity index is 0.000000381. The molecule has 0 spiro atoms. The number of aliphatic hydroxyl groups is 3. The molecule has 5 rings (SSSR count). The second kappa shape index (κ2) is 31.1. The van der Waals surface area contributed by atoms with E-state index < -0.39 is 131 Å². The van der Waals surface area contributed by atoms with E-state index in [1.165, 1.54) is 18.2 Å². The maximum atomic E-state index is 10.6. The van der Waals surface area contributed by atoms with Gasteiger partial charge in [0.1, 0.15) is 11.5 Å². The molecule has 0 aromatic heterocycles.